The Hall–Kier alpha value is -3.98. The van der Waals surface area contributed by atoms with E-state index in [1.54, 1.807) is 49.4 Å². The van der Waals surface area contributed by atoms with E-state index in [0.29, 0.717) is 16.8 Å². The van der Waals surface area contributed by atoms with Gasteiger partial charge in [-0.1, -0.05) is 48.0 Å². The number of carboxylic acid groups (broad SMARTS) is 1. The number of sulfonamides is 1. The van der Waals surface area contributed by atoms with Crippen LogP contribution in [0.25, 0.3) is 0 Å². The van der Waals surface area contributed by atoms with Crippen LogP contribution in [0.1, 0.15) is 27.0 Å². The summed E-state index contributed by atoms with van der Waals surface area (Å²) >= 11 is 0. The maximum Gasteiger partial charge on any atom is 0.335 e. The average molecular weight is 466 g/mol. The van der Waals surface area contributed by atoms with Gasteiger partial charge < -0.3 is 5.11 Å². The third-order valence-corrected chi connectivity index (χ3v) is 6.57. The predicted octanol–water partition coefficient (Wildman–Crippen LogP) is 3.35. The second kappa shape index (κ2) is 10.1. The van der Waals surface area contributed by atoms with Crippen LogP contribution in [0.3, 0.4) is 0 Å². The van der Waals surface area contributed by atoms with Crippen LogP contribution >= 0.6 is 0 Å². The number of benzene rings is 3. The van der Waals surface area contributed by atoms with Crippen molar-refractivity contribution in [3.8, 4) is 0 Å². The third kappa shape index (κ3) is 5.83. The maximum atomic E-state index is 13.3. The Bertz CT molecular complexity index is 1290. The van der Waals surface area contributed by atoms with Gasteiger partial charge in [-0.2, -0.15) is 5.10 Å². The number of hydrazone groups is 1. The number of nitrogens with one attached hydrogen (secondary N) is 1. The van der Waals surface area contributed by atoms with E-state index in [4.69, 9.17) is 5.11 Å². The zero-order valence-corrected chi connectivity index (χ0v) is 18.9. The minimum atomic E-state index is -4.01. The van der Waals surface area contributed by atoms with Crippen LogP contribution in [0.15, 0.2) is 82.8 Å². The summed E-state index contributed by atoms with van der Waals surface area (Å²) in [6.07, 6.45) is 1.34. The number of carbonyl (C=O) groups is 2. The lowest BCUT2D eigenvalue weighted by atomic mass is 10.1. The summed E-state index contributed by atoms with van der Waals surface area (Å²) in [5, 5.41) is 12.8. The van der Waals surface area contributed by atoms with Crippen molar-refractivity contribution in [2.24, 2.45) is 5.10 Å². The maximum absolute atomic E-state index is 13.3. The van der Waals surface area contributed by atoms with E-state index in [-0.39, 0.29) is 10.5 Å². The first-order valence-electron chi connectivity index (χ1n) is 9.99. The van der Waals surface area contributed by atoms with Crippen LogP contribution in [0.2, 0.25) is 0 Å². The first-order valence-corrected chi connectivity index (χ1v) is 11.4. The van der Waals surface area contributed by atoms with E-state index < -0.39 is 28.4 Å². The molecule has 0 aliphatic heterocycles. The van der Waals surface area contributed by atoms with Crippen molar-refractivity contribution in [1.82, 2.24) is 5.43 Å². The van der Waals surface area contributed by atoms with Gasteiger partial charge in [0.05, 0.1) is 22.4 Å². The highest BCUT2D eigenvalue weighted by Gasteiger charge is 2.28. The Morgan fingerprint density at radius 3 is 2.27 bits per heavy atom. The second-order valence-corrected chi connectivity index (χ2v) is 9.20. The standard InChI is InChI=1S/C24H23N3O5S/c1-17-8-13-22(18(2)14-17)27(33(31,32)21-6-4-3-5-7-21)16-23(28)26-25-15-19-9-11-20(12-10-19)24(29)30/h3-15H,16H2,1-2H3,(H,26,28)(H,29,30)/b25-15-. The number of carboxylic acids is 1. The van der Waals surface area contributed by atoms with E-state index in [9.17, 15) is 18.0 Å². The molecule has 9 heteroatoms. The number of aromatic carboxylic acids is 1. The molecule has 2 N–H and O–H groups in total. The molecule has 0 fully saturated rings. The number of amides is 1. The summed E-state index contributed by atoms with van der Waals surface area (Å²) in [7, 11) is -4.01. The summed E-state index contributed by atoms with van der Waals surface area (Å²) in [5.74, 6) is -1.68. The number of hydrogen-bond acceptors (Lipinski definition) is 5. The Morgan fingerprint density at radius 1 is 1.00 bits per heavy atom. The first-order chi connectivity index (χ1) is 15.7. The van der Waals surface area contributed by atoms with Crippen LogP contribution in [0.5, 0.6) is 0 Å². The van der Waals surface area contributed by atoms with Crippen LogP contribution in [0.4, 0.5) is 5.69 Å². The summed E-state index contributed by atoms with van der Waals surface area (Å²) < 4.78 is 27.8. The molecule has 170 valence electrons. The Morgan fingerprint density at radius 2 is 1.67 bits per heavy atom. The number of anilines is 1. The van der Waals surface area contributed by atoms with Crippen molar-refractivity contribution in [3.63, 3.8) is 0 Å². The molecule has 8 nitrogen and oxygen atoms in total. The van der Waals surface area contributed by atoms with E-state index in [1.807, 2.05) is 13.0 Å². The van der Waals surface area contributed by atoms with Gasteiger partial charge in [0.15, 0.2) is 0 Å². The summed E-state index contributed by atoms with van der Waals surface area (Å²) in [4.78, 5) is 23.6. The van der Waals surface area contributed by atoms with Crippen molar-refractivity contribution in [2.75, 3.05) is 10.8 Å². The molecule has 3 aromatic carbocycles. The van der Waals surface area contributed by atoms with Crippen LogP contribution in [-0.4, -0.2) is 38.2 Å². The minimum Gasteiger partial charge on any atom is -0.478 e. The first kappa shape index (κ1) is 23.7. The lowest BCUT2D eigenvalue weighted by molar-refractivity contribution is -0.119. The van der Waals surface area contributed by atoms with Crippen molar-refractivity contribution < 1.29 is 23.1 Å². The van der Waals surface area contributed by atoms with Crippen LogP contribution in [0, 0.1) is 13.8 Å². The molecule has 0 bridgehead atoms. The fraction of sp³-hybridized carbons (Fsp3) is 0.125. The SMILES string of the molecule is Cc1ccc(N(CC(=O)N/N=C\c2ccc(C(=O)O)cc2)S(=O)(=O)c2ccccc2)c(C)c1. The van der Waals surface area contributed by atoms with Crippen LogP contribution in [-0.2, 0) is 14.8 Å². The topological polar surface area (TPSA) is 116 Å². The summed E-state index contributed by atoms with van der Waals surface area (Å²) in [6.45, 7) is 3.21. The zero-order valence-electron chi connectivity index (χ0n) is 18.1. The highest BCUT2D eigenvalue weighted by molar-refractivity contribution is 7.92. The van der Waals surface area contributed by atoms with E-state index in [1.165, 1.54) is 30.5 Å². The van der Waals surface area contributed by atoms with Gasteiger partial charge in [0, 0.05) is 0 Å². The van der Waals surface area contributed by atoms with Gasteiger partial charge in [-0.15, -0.1) is 0 Å². The number of aryl methyl sites for hydroxylation is 2. The molecule has 0 saturated heterocycles. The van der Waals surface area contributed by atoms with Crippen molar-refractivity contribution >= 4 is 33.8 Å². The number of carbonyl (C=O) groups excluding carboxylic acids is 1. The molecule has 0 aliphatic rings. The molecular formula is C24H23N3O5S. The van der Waals surface area contributed by atoms with Gasteiger partial charge in [-0.05, 0) is 55.3 Å². The molecule has 0 aromatic heterocycles. The third-order valence-electron chi connectivity index (χ3n) is 4.80. The lowest BCUT2D eigenvalue weighted by Crippen LogP contribution is -2.40. The Labute approximate surface area is 192 Å². The molecule has 0 aliphatic carbocycles. The summed E-state index contributed by atoms with van der Waals surface area (Å²) in [6, 6.07) is 19.1. The fourth-order valence-electron chi connectivity index (χ4n) is 3.16. The normalized spacial score (nSPS) is 11.3. The molecule has 0 heterocycles. The molecule has 33 heavy (non-hydrogen) atoms. The molecule has 0 radical (unpaired) electrons. The van der Waals surface area contributed by atoms with Gasteiger partial charge in [0.1, 0.15) is 6.54 Å². The van der Waals surface area contributed by atoms with Crippen molar-refractivity contribution in [3.05, 3.63) is 95.1 Å². The van der Waals surface area contributed by atoms with Gasteiger partial charge in [0.25, 0.3) is 15.9 Å². The molecular weight excluding hydrogens is 442 g/mol. The Balaban J connectivity index is 1.82. The zero-order chi connectivity index (χ0) is 24.0. The van der Waals surface area contributed by atoms with E-state index in [0.717, 1.165) is 9.87 Å². The van der Waals surface area contributed by atoms with E-state index >= 15 is 0 Å². The Kier molecular flexibility index (Phi) is 7.24. The largest absolute Gasteiger partial charge is 0.478 e. The van der Waals surface area contributed by atoms with Crippen molar-refractivity contribution in [1.29, 1.82) is 0 Å². The number of hydrogen-bond donors (Lipinski definition) is 2. The molecule has 3 rings (SSSR count). The second-order valence-electron chi connectivity index (χ2n) is 7.34. The van der Waals surface area contributed by atoms with Gasteiger partial charge in [0.2, 0.25) is 0 Å². The lowest BCUT2D eigenvalue weighted by Gasteiger charge is -2.25. The highest BCUT2D eigenvalue weighted by Crippen LogP contribution is 2.27. The fourth-order valence-corrected chi connectivity index (χ4v) is 4.67. The van der Waals surface area contributed by atoms with Gasteiger partial charge >= 0.3 is 5.97 Å². The predicted molar refractivity (Wildman–Crippen MR) is 126 cm³/mol. The van der Waals surface area contributed by atoms with Crippen molar-refractivity contribution in [2.45, 2.75) is 18.7 Å². The molecule has 0 spiro atoms. The highest BCUT2D eigenvalue weighted by atomic mass is 32.2. The quantitative estimate of drug-likeness (QED) is 0.391. The van der Waals surface area contributed by atoms with Crippen LogP contribution < -0.4 is 9.73 Å². The van der Waals surface area contributed by atoms with E-state index in [2.05, 4.69) is 10.5 Å². The minimum absolute atomic E-state index is 0.0693. The number of rotatable bonds is 8. The summed E-state index contributed by atoms with van der Waals surface area (Å²) in [5.41, 5.74) is 5.11. The molecule has 1 amide bonds. The average Bonchev–Trinajstić information content (AvgIpc) is 2.79. The molecule has 3 aromatic rings. The molecule has 0 saturated carbocycles. The van der Waals surface area contributed by atoms with Gasteiger partial charge in [-0.3, -0.25) is 9.10 Å². The van der Waals surface area contributed by atoms with Gasteiger partial charge in [-0.25, -0.2) is 18.6 Å². The molecule has 0 unspecified atom stereocenters. The smallest absolute Gasteiger partial charge is 0.335 e. The number of nitrogens with zero attached hydrogens (tertiary/aromatic N) is 2. The monoisotopic (exact) mass is 465 g/mol. The molecule has 0 atom stereocenters.